The van der Waals surface area contributed by atoms with Crippen molar-refractivity contribution in [3.05, 3.63) is 109 Å². The van der Waals surface area contributed by atoms with Crippen molar-refractivity contribution in [2.24, 2.45) is 0 Å². The highest BCUT2D eigenvalue weighted by molar-refractivity contribution is 5.71. The van der Waals surface area contributed by atoms with Gasteiger partial charge in [0.05, 0.1) is 0 Å². The van der Waals surface area contributed by atoms with E-state index in [0.29, 0.717) is 19.3 Å². The molecule has 0 spiro atoms. The summed E-state index contributed by atoms with van der Waals surface area (Å²) < 4.78 is 16.7. The first-order valence-corrected chi connectivity index (χ1v) is 26.5. The van der Waals surface area contributed by atoms with E-state index < -0.39 is 6.10 Å². The Hall–Kier alpha value is -3.93. The van der Waals surface area contributed by atoms with E-state index in [1.807, 2.05) is 54.7 Å². The predicted molar refractivity (Wildman–Crippen MR) is 279 cm³/mol. The highest BCUT2D eigenvalue weighted by Crippen LogP contribution is 2.14. The topological polar surface area (TPSA) is 78.9 Å². The standard InChI is InChI=1S/C59H96O6/c1-4-7-10-13-16-19-22-25-27-28-29-30-32-34-37-40-43-46-49-52-58(61)64-55-56(54-63-57(60)51-48-45-42-39-36-33-24-21-18-15-12-9-6-3)65-59(62)53-50-47-44-41-38-35-31-26-23-20-17-14-11-8-5-2/h9,12,15-26,33,36,39,42,56H,4-8,10-11,13-14,27-32,34-35,37-38,40-41,43-55H2,1-3H3/b12-9-,18-15-,19-16-,20-17-,24-21-,25-22-,26-23-,36-33-,42-39-. The van der Waals surface area contributed by atoms with Crippen LogP contribution in [0.1, 0.15) is 226 Å². The summed E-state index contributed by atoms with van der Waals surface area (Å²) in [5.41, 5.74) is 0. The van der Waals surface area contributed by atoms with Crippen molar-refractivity contribution < 1.29 is 28.6 Å². The second kappa shape index (κ2) is 52.7. The third-order valence-corrected chi connectivity index (χ3v) is 10.9. The molecule has 0 aromatic heterocycles. The van der Waals surface area contributed by atoms with Crippen molar-refractivity contribution in [2.75, 3.05) is 13.2 Å². The van der Waals surface area contributed by atoms with Crippen molar-refractivity contribution in [2.45, 2.75) is 232 Å². The fourth-order valence-corrected chi connectivity index (χ4v) is 6.92. The van der Waals surface area contributed by atoms with E-state index in [1.165, 1.54) is 109 Å². The summed E-state index contributed by atoms with van der Waals surface area (Å²) in [6.45, 7) is 6.35. The highest BCUT2D eigenvalue weighted by Gasteiger charge is 2.19. The van der Waals surface area contributed by atoms with Gasteiger partial charge in [0.1, 0.15) is 13.2 Å². The van der Waals surface area contributed by atoms with Crippen LogP contribution in [0.5, 0.6) is 0 Å². The Morgan fingerprint density at radius 1 is 0.323 bits per heavy atom. The van der Waals surface area contributed by atoms with Gasteiger partial charge < -0.3 is 14.2 Å². The first kappa shape index (κ1) is 61.1. The quantitative estimate of drug-likeness (QED) is 0.0262. The lowest BCUT2D eigenvalue weighted by atomic mass is 10.1. The minimum Gasteiger partial charge on any atom is -0.462 e. The van der Waals surface area contributed by atoms with E-state index in [0.717, 1.165) is 70.6 Å². The zero-order chi connectivity index (χ0) is 47.2. The second-order valence-electron chi connectivity index (χ2n) is 17.2. The van der Waals surface area contributed by atoms with Gasteiger partial charge in [-0.1, -0.05) is 233 Å². The molecule has 0 aromatic carbocycles. The average Bonchev–Trinajstić information content (AvgIpc) is 3.30. The molecule has 65 heavy (non-hydrogen) atoms. The maximum atomic E-state index is 12.8. The van der Waals surface area contributed by atoms with Crippen molar-refractivity contribution in [1.29, 1.82) is 0 Å². The van der Waals surface area contributed by atoms with Gasteiger partial charge in [-0.3, -0.25) is 14.4 Å². The third-order valence-electron chi connectivity index (χ3n) is 10.9. The molecule has 0 fully saturated rings. The van der Waals surface area contributed by atoms with Gasteiger partial charge in [0.25, 0.3) is 0 Å². The SMILES string of the molecule is CC\C=C/C=C\C=C/C=C\C=C/CCCC(=O)OCC(COC(=O)CCCCCCCCCCCC/C=C\C=C/CCCCC)OC(=O)CCCCCCCC/C=C\C=C/CCCCC. The minimum atomic E-state index is -0.816. The Labute approximate surface area is 400 Å². The molecule has 0 aliphatic rings. The number of hydrogen-bond acceptors (Lipinski definition) is 6. The number of allylic oxidation sites excluding steroid dienone is 18. The fraction of sp³-hybridized carbons (Fsp3) is 0.644. The summed E-state index contributed by atoms with van der Waals surface area (Å²) in [5, 5.41) is 0. The lowest BCUT2D eigenvalue weighted by molar-refractivity contribution is -0.167. The molecule has 0 aliphatic carbocycles. The van der Waals surface area contributed by atoms with E-state index >= 15 is 0 Å². The fourth-order valence-electron chi connectivity index (χ4n) is 6.92. The van der Waals surface area contributed by atoms with Crippen LogP contribution in [-0.2, 0) is 28.6 Å². The van der Waals surface area contributed by atoms with Crippen LogP contribution >= 0.6 is 0 Å². The maximum absolute atomic E-state index is 12.8. The first-order valence-electron chi connectivity index (χ1n) is 26.5. The lowest BCUT2D eigenvalue weighted by Crippen LogP contribution is -2.30. The molecule has 0 amide bonds. The van der Waals surface area contributed by atoms with Crippen LogP contribution in [0, 0.1) is 0 Å². The minimum absolute atomic E-state index is 0.109. The number of hydrogen-bond donors (Lipinski definition) is 0. The van der Waals surface area contributed by atoms with Crippen LogP contribution in [0.4, 0.5) is 0 Å². The number of rotatable bonds is 46. The zero-order valence-corrected chi connectivity index (χ0v) is 42.0. The molecule has 1 atom stereocenters. The Morgan fingerprint density at radius 3 is 1.02 bits per heavy atom. The maximum Gasteiger partial charge on any atom is 0.306 e. The number of carbonyl (C=O) groups excluding carboxylic acids is 3. The molecule has 0 aliphatic heterocycles. The van der Waals surface area contributed by atoms with Gasteiger partial charge in [0.15, 0.2) is 6.10 Å². The van der Waals surface area contributed by atoms with Crippen LogP contribution in [0.25, 0.3) is 0 Å². The molecule has 0 radical (unpaired) electrons. The van der Waals surface area contributed by atoms with Gasteiger partial charge in [-0.2, -0.15) is 0 Å². The molecule has 6 heteroatoms. The Morgan fingerprint density at radius 2 is 0.615 bits per heavy atom. The van der Waals surface area contributed by atoms with Crippen molar-refractivity contribution in [1.82, 2.24) is 0 Å². The number of unbranched alkanes of at least 4 members (excludes halogenated alkanes) is 23. The molecule has 6 nitrogen and oxygen atoms in total. The highest BCUT2D eigenvalue weighted by atomic mass is 16.6. The van der Waals surface area contributed by atoms with Crippen molar-refractivity contribution >= 4 is 17.9 Å². The zero-order valence-electron chi connectivity index (χ0n) is 42.0. The Bertz CT molecular complexity index is 1360. The predicted octanol–water partition coefficient (Wildman–Crippen LogP) is 17.5. The van der Waals surface area contributed by atoms with Gasteiger partial charge in [-0.15, -0.1) is 0 Å². The number of carbonyl (C=O) groups is 3. The van der Waals surface area contributed by atoms with Crippen LogP contribution < -0.4 is 0 Å². The largest absolute Gasteiger partial charge is 0.462 e. The normalized spacial score (nSPS) is 13.0. The van der Waals surface area contributed by atoms with E-state index in [4.69, 9.17) is 14.2 Å². The molecule has 0 bridgehead atoms. The molecule has 1 unspecified atom stereocenters. The van der Waals surface area contributed by atoms with Crippen LogP contribution in [0.3, 0.4) is 0 Å². The van der Waals surface area contributed by atoms with Crippen LogP contribution in [-0.4, -0.2) is 37.2 Å². The molecule has 0 rings (SSSR count). The molecule has 0 heterocycles. The van der Waals surface area contributed by atoms with Crippen LogP contribution in [0.15, 0.2) is 109 Å². The molecular weight excluding hydrogens is 805 g/mol. The smallest absolute Gasteiger partial charge is 0.306 e. The summed E-state index contributed by atoms with van der Waals surface area (Å²) in [6, 6.07) is 0. The second-order valence-corrected chi connectivity index (χ2v) is 17.2. The van der Waals surface area contributed by atoms with E-state index in [9.17, 15) is 14.4 Å². The molecule has 368 valence electrons. The monoisotopic (exact) mass is 901 g/mol. The summed E-state index contributed by atoms with van der Waals surface area (Å²) in [7, 11) is 0. The third kappa shape index (κ3) is 50.9. The van der Waals surface area contributed by atoms with Gasteiger partial charge in [-0.25, -0.2) is 0 Å². The molecule has 0 saturated heterocycles. The molecular formula is C59H96O6. The van der Waals surface area contributed by atoms with Gasteiger partial charge in [-0.05, 0) is 83.5 Å². The van der Waals surface area contributed by atoms with Crippen LogP contribution in [0.2, 0.25) is 0 Å². The van der Waals surface area contributed by atoms with Gasteiger partial charge in [0.2, 0.25) is 0 Å². The summed E-state index contributed by atoms with van der Waals surface area (Å²) in [6.07, 6.45) is 70.8. The average molecular weight is 901 g/mol. The van der Waals surface area contributed by atoms with Crippen molar-refractivity contribution in [3.63, 3.8) is 0 Å². The summed E-state index contributed by atoms with van der Waals surface area (Å²) in [5.74, 6) is -1.01. The number of esters is 3. The lowest BCUT2D eigenvalue weighted by Gasteiger charge is -2.18. The Balaban J connectivity index is 4.47. The first-order chi connectivity index (χ1) is 32.0. The van der Waals surface area contributed by atoms with E-state index in [2.05, 4.69) is 75.5 Å². The van der Waals surface area contributed by atoms with E-state index in [1.54, 1.807) is 0 Å². The molecule has 0 N–H and O–H groups in total. The van der Waals surface area contributed by atoms with Crippen molar-refractivity contribution in [3.8, 4) is 0 Å². The summed E-state index contributed by atoms with van der Waals surface area (Å²) in [4.78, 5) is 38.0. The van der Waals surface area contributed by atoms with Gasteiger partial charge in [0, 0.05) is 19.3 Å². The molecule has 0 saturated carbocycles. The summed E-state index contributed by atoms with van der Waals surface area (Å²) >= 11 is 0. The number of ether oxygens (including phenoxy) is 3. The van der Waals surface area contributed by atoms with Gasteiger partial charge >= 0.3 is 17.9 Å². The van der Waals surface area contributed by atoms with E-state index in [-0.39, 0.29) is 37.5 Å². The molecule has 0 aromatic rings. The Kier molecular flexibility index (Phi) is 49.5.